The topological polar surface area (TPSA) is 117 Å². The number of anilines is 1. The number of rotatable bonds is 5. The van der Waals surface area contributed by atoms with Crippen molar-refractivity contribution >= 4 is 27.9 Å². The molecule has 9 nitrogen and oxygen atoms in total. The average Bonchev–Trinajstić information content (AvgIpc) is 2.92. The van der Waals surface area contributed by atoms with Crippen LogP contribution in [0.25, 0.3) is 11.2 Å². The van der Waals surface area contributed by atoms with Crippen LogP contribution in [0.3, 0.4) is 0 Å². The third kappa shape index (κ3) is 5.90. The molecule has 0 unspecified atom stereocenters. The summed E-state index contributed by atoms with van der Waals surface area (Å²) in [7, 11) is 2.47. The van der Waals surface area contributed by atoms with Gasteiger partial charge in [0.2, 0.25) is 5.95 Å². The molecule has 3 N–H and O–H groups in total. The second kappa shape index (κ2) is 9.65. The van der Waals surface area contributed by atoms with Crippen molar-refractivity contribution < 1.29 is 4.21 Å². The lowest BCUT2D eigenvalue weighted by atomic mass is 10.3. The SMILES string of the molecule is CC(C)=CCn1c(NC[C@@H](C)N)nc2c1c(=O)n(C)c(=O)n2C.CS(C)=O. The molecule has 2 aromatic rings. The quantitative estimate of drug-likeness (QED) is 0.693. The van der Waals surface area contributed by atoms with Crippen molar-refractivity contribution in [3.8, 4) is 0 Å². The monoisotopic (exact) mass is 398 g/mol. The van der Waals surface area contributed by atoms with Crippen molar-refractivity contribution in [2.24, 2.45) is 19.8 Å². The number of hydrogen-bond acceptors (Lipinski definition) is 6. The largest absolute Gasteiger partial charge is 0.354 e. The number of fused-ring (bicyclic) bond motifs is 1. The second-order valence-corrected chi connectivity index (χ2v) is 8.29. The van der Waals surface area contributed by atoms with Crippen molar-refractivity contribution in [3.63, 3.8) is 0 Å². The normalized spacial score (nSPS) is 11.9. The number of aromatic nitrogens is 4. The molecule has 0 bridgehead atoms. The summed E-state index contributed by atoms with van der Waals surface area (Å²) < 4.78 is 13.8. The van der Waals surface area contributed by atoms with Crippen LogP contribution in [0.1, 0.15) is 20.8 Å². The number of nitrogens with zero attached hydrogens (tertiary/aromatic N) is 4. The minimum atomic E-state index is -0.611. The molecule has 0 aliphatic rings. The molecule has 0 saturated heterocycles. The number of imidazole rings is 1. The van der Waals surface area contributed by atoms with E-state index in [4.69, 9.17) is 5.73 Å². The molecule has 10 heteroatoms. The number of hydrogen-bond donors (Lipinski definition) is 2. The highest BCUT2D eigenvalue weighted by atomic mass is 32.2. The Hall–Kier alpha value is -2.20. The van der Waals surface area contributed by atoms with Crippen molar-refractivity contribution in [2.45, 2.75) is 33.4 Å². The zero-order chi connectivity index (χ0) is 20.9. The Kier molecular flexibility index (Phi) is 8.17. The van der Waals surface area contributed by atoms with Crippen molar-refractivity contribution in [1.82, 2.24) is 18.7 Å². The molecule has 0 spiro atoms. The first-order valence-corrected chi connectivity index (χ1v) is 10.5. The highest BCUT2D eigenvalue weighted by Gasteiger charge is 2.18. The standard InChI is InChI=1S/C15H24N6O2.C2H6OS/c1-9(2)6-7-21-11-12(18-14(21)17-8-10(3)16)19(4)15(23)20(5)13(11)22;1-4(2)3/h6,10H,7-8,16H2,1-5H3,(H,17,18);1-2H3/t10-;/m1./s1. The van der Waals surface area contributed by atoms with E-state index in [2.05, 4.69) is 10.3 Å². The Morgan fingerprint density at radius 2 is 1.81 bits per heavy atom. The van der Waals surface area contributed by atoms with Crippen LogP contribution in [0, 0.1) is 0 Å². The molecule has 0 aliphatic carbocycles. The highest BCUT2D eigenvalue weighted by Crippen LogP contribution is 2.16. The molecule has 27 heavy (non-hydrogen) atoms. The summed E-state index contributed by atoms with van der Waals surface area (Å²) >= 11 is 0. The third-order valence-electron chi connectivity index (χ3n) is 3.61. The van der Waals surface area contributed by atoms with Crippen LogP contribution in [-0.4, -0.2) is 48.0 Å². The number of aryl methyl sites for hydroxylation is 1. The first-order chi connectivity index (χ1) is 12.5. The fraction of sp³-hybridized carbons (Fsp3) is 0.588. The van der Waals surface area contributed by atoms with E-state index in [1.165, 1.54) is 11.6 Å². The molecule has 1 atom stereocenters. The molecule has 0 fully saturated rings. The van der Waals surface area contributed by atoms with Gasteiger partial charge >= 0.3 is 5.69 Å². The van der Waals surface area contributed by atoms with E-state index < -0.39 is 16.5 Å². The van der Waals surface area contributed by atoms with Gasteiger partial charge < -0.3 is 15.6 Å². The minimum absolute atomic E-state index is 0.0571. The molecule has 0 radical (unpaired) electrons. The Balaban J connectivity index is 0.000000828. The summed E-state index contributed by atoms with van der Waals surface area (Å²) in [6, 6.07) is -0.0571. The molecule has 0 aromatic carbocycles. The molecule has 152 valence electrons. The summed E-state index contributed by atoms with van der Waals surface area (Å²) in [6.45, 7) is 6.87. The van der Waals surface area contributed by atoms with Crippen LogP contribution < -0.4 is 22.3 Å². The first kappa shape index (κ1) is 22.8. The smallest absolute Gasteiger partial charge is 0.332 e. The van der Waals surface area contributed by atoms with E-state index in [1.54, 1.807) is 24.1 Å². The van der Waals surface area contributed by atoms with Gasteiger partial charge in [-0.25, -0.2) is 4.79 Å². The lowest BCUT2D eigenvalue weighted by Gasteiger charge is -2.10. The maximum atomic E-state index is 12.5. The zero-order valence-corrected chi connectivity index (χ0v) is 17.9. The molecule has 2 rings (SSSR count). The zero-order valence-electron chi connectivity index (χ0n) is 17.1. The van der Waals surface area contributed by atoms with Gasteiger partial charge in [0, 0.05) is 56.5 Å². The fourth-order valence-corrected chi connectivity index (χ4v) is 2.29. The van der Waals surface area contributed by atoms with Gasteiger partial charge in [0.25, 0.3) is 5.56 Å². The molecule has 0 amide bonds. The summed E-state index contributed by atoms with van der Waals surface area (Å²) in [6.07, 6.45) is 5.28. The van der Waals surface area contributed by atoms with Gasteiger partial charge in [0.1, 0.15) is 0 Å². The van der Waals surface area contributed by atoms with E-state index in [1.807, 2.05) is 26.8 Å². The predicted octanol–water partition coefficient (Wildman–Crippen LogP) is 0.154. The molecule has 2 aromatic heterocycles. The average molecular weight is 399 g/mol. The van der Waals surface area contributed by atoms with E-state index in [0.29, 0.717) is 30.2 Å². The van der Waals surface area contributed by atoms with Crippen LogP contribution in [0.5, 0.6) is 0 Å². The van der Waals surface area contributed by atoms with Gasteiger partial charge in [-0.2, -0.15) is 4.98 Å². The maximum Gasteiger partial charge on any atom is 0.332 e. The first-order valence-electron chi connectivity index (χ1n) is 8.51. The van der Waals surface area contributed by atoms with Gasteiger partial charge in [-0.15, -0.1) is 0 Å². The van der Waals surface area contributed by atoms with Crippen LogP contribution >= 0.6 is 0 Å². The summed E-state index contributed by atoms with van der Waals surface area (Å²) in [5.74, 6) is 0.535. The third-order valence-corrected chi connectivity index (χ3v) is 3.61. The molecule has 2 heterocycles. The lowest BCUT2D eigenvalue weighted by Crippen LogP contribution is -2.37. The Bertz CT molecular complexity index is 960. The second-order valence-electron chi connectivity index (χ2n) is 6.81. The highest BCUT2D eigenvalue weighted by molar-refractivity contribution is 7.83. The van der Waals surface area contributed by atoms with Crippen molar-refractivity contribution in [1.29, 1.82) is 0 Å². The van der Waals surface area contributed by atoms with Crippen LogP contribution in [-0.2, 0) is 31.4 Å². The molecule has 0 saturated carbocycles. The summed E-state index contributed by atoms with van der Waals surface area (Å²) in [4.78, 5) is 29.1. The molecular formula is C17H30N6O3S. The number of nitrogens with one attached hydrogen (secondary N) is 1. The Labute approximate surface area is 161 Å². The number of allylic oxidation sites excluding steroid dienone is 2. The van der Waals surface area contributed by atoms with Gasteiger partial charge in [0.15, 0.2) is 11.2 Å². The number of nitrogens with two attached hydrogens (primary N) is 1. The van der Waals surface area contributed by atoms with Gasteiger partial charge in [-0.3, -0.25) is 18.1 Å². The van der Waals surface area contributed by atoms with Gasteiger partial charge in [-0.1, -0.05) is 11.6 Å². The minimum Gasteiger partial charge on any atom is -0.354 e. The molecular weight excluding hydrogens is 368 g/mol. The van der Waals surface area contributed by atoms with E-state index in [9.17, 15) is 13.8 Å². The van der Waals surface area contributed by atoms with Gasteiger partial charge in [0.05, 0.1) is 0 Å². The van der Waals surface area contributed by atoms with Crippen molar-refractivity contribution in [3.05, 3.63) is 32.5 Å². The van der Waals surface area contributed by atoms with Crippen LogP contribution in [0.15, 0.2) is 21.2 Å². The summed E-state index contributed by atoms with van der Waals surface area (Å²) in [5.41, 5.74) is 6.93. The predicted molar refractivity (Wildman–Crippen MR) is 112 cm³/mol. The fourth-order valence-electron chi connectivity index (χ4n) is 2.29. The lowest BCUT2D eigenvalue weighted by molar-refractivity contribution is 0.690. The van der Waals surface area contributed by atoms with Crippen LogP contribution in [0.2, 0.25) is 0 Å². The van der Waals surface area contributed by atoms with E-state index in [-0.39, 0.29) is 11.6 Å². The summed E-state index contributed by atoms with van der Waals surface area (Å²) in [5, 5.41) is 3.15. The van der Waals surface area contributed by atoms with Crippen LogP contribution in [0.4, 0.5) is 5.95 Å². The Morgan fingerprint density at radius 3 is 2.30 bits per heavy atom. The maximum absolute atomic E-state index is 12.5. The van der Waals surface area contributed by atoms with Gasteiger partial charge in [-0.05, 0) is 20.8 Å². The van der Waals surface area contributed by atoms with E-state index >= 15 is 0 Å². The van der Waals surface area contributed by atoms with Crippen molar-refractivity contribution in [2.75, 3.05) is 24.4 Å². The Morgan fingerprint density at radius 1 is 1.26 bits per heavy atom. The van der Waals surface area contributed by atoms with E-state index in [0.717, 1.165) is 10.1 Å². The molecule has 0 aliphatic heterocycles.